The Kier molecular flexibility index (Phi) is 5.31. The predicted molar refractivity (Wildman–Crippen MR) is 122 cm³/mol. The Hall–Kier alpha value is -4.12. The van der Waals surface area contributed by atoms with E-state index in [4.69, 9.17) is 11.6 Å². The van der Waals surface area contributed by atoms with E-state index in [9.17, 15) is 4.79 Å². The van der Waals surface area contributed by atoms with Crippen LogP contribution in [-0.2, 0) is 27.1 Å². The molecule has 5 aromatic rings. The molecule has 0 unspecified atom stereocenters. The van der Waals surface area contributed by atoms with Crippen molar-refractivity contribution in [1.82, 2.24) is 44.3 Å². The number of fused-ring (bicyclic) bond motifs is 1. The second-order valence-electron chi connectivity index (χ2n) is 7.57. The van der Waals surface area contributed by atoms with Gasteiger partial charge in [0.15, 0.2) is 5.82 Å². The number of aromatic nitrogens is 9. The van der Waals surface area contributed by atoms with Gasteiger partial charge in [0.2, 0.25) is 5.95 Å². The number of nitrogens with zero attached hydrogens (tertiary/aromatic N) is 9. The average molecular weight is 463 g/mol. The minimum Gasteiger partial charge on any atom is -0.324 e. The zero-order valence-corrected chi connectivity index (χ0v) is 18.6. The largest absolute Gasteiger partial charge is 0.324 e. The van der Waals surface area contributed by atoms with Crippen LogP contribution in [-0.4, -0.2) is 44.3 Å². The van der Waals surface area contributed by atoms with Gasteiger partial charge in [-0.1, -0.05) is 11.6 Å². The van der Waals surface area contributed by atoms with E-state index < -0.39 is 0 Å². The van der Waals surface area contributed by atoms with Crippen molar-refractivity contribution in [2.24, 2.45) is 14.1 Å². The SMILES string of the molecule is Cn1cnc(Cc2cn(Cc3cccnn3)c(Nc3cc4cn(C)nc4cc3Cl)nc2=O)n1. The Morgan fingerprint density at radius 1 is 1.12 bits per heavy atom. The summed E-state index contributed by atoms with van der Waals surface area (Å²) in [7, 11) is 3.62. The van der Waals surface area contributed by atoms with Gasteiger partial charge in [-0.2, -0.15) is 25.4 Å². The summed E-state index contributed by atoms with van der Waals surface area (Å²) in [5.74, 6) is 0.863. The molecule has 33 heavy (non-hydrogen) atoms. The van der Waals surface area contributed by atoms with E-state index in [0.29, 0.717) is 40.3 Å². The van der Waals surface area contributed by atoms with E-state index in [0.717, 1.165) is 10.9 Å². The minimum atomic E-state index is -0.376. The zero-order valence-electron chi connectivity index (χ0n) is 17.8. The highest BCUT2D eigenvalue weighted by molar-refractivity contribution is 6.34. The van der Waals surface area contributed by atoms with E-state index in [1.165, 1.54) is 0 Å². The molecule has 0 aliphatic heterocycles. The molecular weight excluding hydrogens is 444 g/mol. The number of hydrogen-bond donors (Lipinski definition) is 1. The summed E-state index contributed by atoms with van der Waals surface area (Å²) >= 11 is 6.49. The van der Waals surface area contributed by atoms with Gasteiger partial charge in [-0.3, -0.25) is 14.2 Å². The van der Waals surface area contributed by atoms with Crippen molar-refractivity contribution in [3.05, 3.63) is 81.6 Å². The molecule has 0 aliphatic carbocycles. The highest BCUT2D eigenvalue weighted by atomic mass is 35.5. The Morgan fingerprint density at radius 3 is 2.76 bits per heavy atom. The molecule has 1 aromatic carbocycles. The topological polar surface area (TPSA) is 121 Å². The minimum absolute atomic E-state index is 0.260. The standard InChI is InChI=1S/C21H19ClN10O/c1-30-9-13-6-18(16(22)8-17(13)28-30)25-21-26-20(33)14(7-19-23-12-31(2)29-19)10-32(21)11-15-4-3-5-24-27-15/h3-6,8-10,12H,7,11H2,1-2H3,(H,25,26,33). The Bertz CT molecular complexity index is 1510. The van der Waals surface area contributed by atoms with Gasteiger partial charge in [-0.25, -0.2) is 4.98 Å². The van der Waals surface area contributed by atoms with Crippen molar-refractivity contribution in [1.29, 1.82) is 0 Å². The normalized spacial score (nSPS) is 11.2. The molecule has 12 heteroatoms. The molecule has 1 N–H and O–H groups in total. The van der Waals surface area contributed by atoms with Crippen molar-refractivity contribution in [2.75, 3.05) is 5.32 Å². The smallest absolute Gasteiger partial charge is 0.278 e. The first kappa shape index (κ1) is 20.8. The van der Waals surface area contributed by atoms with Crippen LogP contribution >= 0.6 is 11.6 Å². The second kappa shape index (κ2) is 8.43. The third-order valence-electron chi connectivity index (χ3n) is 4.98. The fraction of sp³-hybridized carbons (Fsp3) is 0.190. The number of hydrogen-bond acceptors (Lipinski definition) is 8. The number of anilines is 2. The van der Waals surface area contributed by atoms with Gasteiger partial charge in [0.1, 0.15) is 6.33 Å². The van der Waals surface area contributed by atoms with Crippen molar-refractivity contribution in [2.45, 2.75) is 13.0 Å². The van der Waals surface area contributed by atoms with Crippen LogP contribution in [0.2, 0.25) is 5.02 Å². The highest BCUT2D eigenvalue weighted by Crippen LogP contribution is 2.29. The molecule has 0 saturated carbocycles. The molecule has 4 heterocycles. The van der Waals surface area contributed by atoms with Crippen LogP contribution in [0, 0.1) is 0 Å². The van der Waals surface area contributed by atoms with Crippen LogP contribution < -0.4 is 10.9 Å². The van der Waals surface area contributed by atoms with E-state index in [1.807, 2.05) is 25.4 Å². The number of rotatable bonds is 6. The van der Waals surface area contributed by atoms with Gasteiger partial charge in [0, 0.05) is 50.1 Å². The lowest BCUT2D eigenvalue weighted by Gasteiger charge is -2.15. The molecule has 0 radical (unpaired) electrons. The first-order valence-electron chi connectivity index (χ1n) is 10.1. The molecule has 0 aliphatic rings. The average Bonchev–Trinajstić information content (AvgIpc) is 3.35. The maximum atomic E-state index is 12.8. The highest BCUT2D eigenvalue weighted by Gasteiger charge is 2.14. The third kappa shape index (κ3) is 4.44. The van der Waals surface area contributed by atoms with Crippen molar-refractivity contribution >= 4 is 34.1 Å². The molecule has 0 bridgehead atoms. The maximum Gasteiger partial charge on any atom is 0.278 e. The summed E-state index contributed by atoms with van der Waals surface area (Å²) in [6, 6.07) is 7.29. The second-order valence-corrected chi connectivity index (χ2v) is 7.97. The lowest BCUT2D eigenvalue weighted by Crippen LogP contribution is -2.22. The van der Waals surface area contributed by atoms with Gasteiger partial charge < -0.3 is 9.88 Å². The summed E-state index contributed by atoms with van der Waals surface area (Å²) in [6.07, 6.45) is 7.08. The monoisotopic (exact) mass is 462 g/mol. The molecule has 0 spiro atoms. The van der Waals surface area contributed by atoms with Crippen LogP contribution in [0.4, 0.5) is 11.6 Å². The van der Waals surface area contributed by atoms with Crippen LogP contribution in [0.3, 0.4) is 0 Å². The van der Waals surface area contributed by atoms with Crippen LogP contribution in [0.1, 0.15) is 17.1 Å². The zero-order chi connectivity index (χ0) is 22.9. The quantitative estimate of drug-likeness (QED) is 0.407. The number of halogens is 1. The van der Waals surface area contributed by atoms with E-state index >= 15 is 0 Å². The molecular formula is C21H19ClN10O. The fourth-order valence-corrected chi connectivity index (χ4v) is 3.70. The molecule has 4 aromatic heterocycles. The van der Waals surface area contributed by atoms with Gasteiger partial charge in [0.25, 0.3) is 5.56 Å². The van der Waals surface area contributed by atoms with Gasteiger partial charge >= 0.3 is 0 Å². The number of nitrogens with one attached hydrogen (secondary N) is 1. The van der Waals surface area contributed by atoms with Crippen LogP contribution in [0.25, 0.3) is 10.9 Å². The molecule has 0 saturated heterocycles. The Morgan fingerprint density at radius 2 is 2.00 bits per heavy atom. The fourth-order valence-electron chi connectivity index (χ4n) is 3.49. The van der Waals surface area contributed by atoms with E-state index in [2.05, 4.69) is 35.7 Å². The van der Waals surface area contributed by atoms with Gasteiger partial charge in [-0.15, -0.1) is 0 Å². The van der Waals surface area contributed by atoms with Crippen molar-refractivity contribution < 1.29 is 0 Å². The van der Waals surface area contributed by atoms with Crippen molar-refractivity contribution in [3.8, 4) is 0 Å². The van der Waals surface area contributed by atoms with Crippen LogP contribution in [0.15, 0.2) is 54.0 Å². The van der Waals surface area contributed by atoms with Gasteiger partial charge in [-0.05, 0) is 24.3 Å². The molecule has 0 amide bonds. The van der Waals surface area contributed by atoms with Crippen LogP contribution in [0.5, 0.6) is 0 Å². The summed E-state index contributed by atoms with van der Waals surface area (Å²) in [4.78, 5) is 21.4. The van der Waals surface area contributed by atoms with Crippen molar-refractivity contribution in [3.63, 3.8) is 0 Å². The Labute approximate surface area is 192 Å². The molecule has 0 atom stereocenters. The Balaban J connectivity index is 1.55. The lowest BCUT2D eigenvalue weighted by atomic mass is 10.2. The number of benzene rings is 1. The molecule has 0 fully saturated rings. The summed E-state index contributed by atoms with van der Waals surface area (Å²) < 4.78 is 5.11. The van der Waals surface area contributed by atoms with Gasteiger partial charge in [0.05, 0.1) is 28.5 Å². The van der Waals surface area contributed by atoms with E-state index in [1.54, 1.807) is 51.8 Å². The third-order valence-corrected chi connectivity index (χ3v) is 5.29. The number of aryl methyl sites for hydroxylation is 2. The summed E-state index contributed by atoms with van der Waals surface area (Å²) in [6.45, 7) is 0.346. The summed E-state index contributed by atoms with van der Waals surface area (Å²) in [5, 5.41) is 21.3. The predicted octanol–water partition coefficient (Wildman–Crippen LogP) is 2.08. The van der Waals surface area contributed by atoms with E-state index in [-0.39, 0.29) is 12.0 Å². The first-order valence-corrected chi connectivity index (χ1v) is 10.4. The summed E-state index contributed by atoms with van der Waals surface area (Å²) in [5.41, 5.74) is 2.18. The maximum absolute atomic E-state index is 12.8. The molecule has 166 valence electrons. The molecule has 5 rings (SSSR count). The lowest BCUT2D eigenvalue weighted by molar-refractivity contribution is 0.720. The molecule has 11 nitrogen and oxygen atoms in total. The first-order chi connectivity index (χ1) is 15.9.